The Morgan fingerprint density at radius 3 is 2.53 bits per heavy atom. The molecule has 4 heteroatoms. The highest BCUT2D eigenvalue weighted by atomic mass is 16.5. The maximum atomic E-state index is 12.6. The molecule has 0 saturated carbocycles. The van der Waals surface area contributed by atoms with Crippen molar-refractivity contribution >= 4 is 5.91 Å². The zero-order chi connectivity index (χ0) is 12.9. The van der Waals surface area contributed by atoms with Crippen LogP contribution in [0.5, 0.6) is 0 Å². The molecule has 1 heterocycles. The lowest BCUT2D eigenvalue weighted by Gasteiger charge is -2.39. The number of nitrogens with zero attached hydrogens (tertiary/aromatic N) is 1. The highest BCUT2D eigenvalue weighted by molar-refractivity contribution is 5.83. The average Bonchev–Trinajstić information content (AvgIpc) is 2.41. The van der Waals surface area contributed by atoms with Crippen molar-refractivity contribution in [2.75, 3.05) is 26.2 Å². The Balaban J connectivity index is 2.73. The first kappa shape index (κ1) is 14.5. The van der Waals surface area contributed by atoms with Crippen LogP contribution in [0.15, 0.2) is 0 Å². The van der Waals surface area contributed by atoms with E-state index in [4.69, 9.17) is 10.5 Å². The van der Waals surface area contributed by atoms with E-state index in [0.29, 0.717) is 19.7 Å². The SMILES string of the molecule is CCC1CN(C(=O)C(CC)(CC)CN)CCO1. The molecule has 1 rings (SSSR count). The van der Waals surface area contributed by atoms with Crippen LogP contribution in [-0.2, 0) is 9.53 Å². The molecule has 1 atom stereocenters. The Bertz CT molecular complexity index is 244. The number of hydrogen-bond donors (Lipinski definition) is 1. The number of carbonyl (C=O) groups excluding carboxylic acids is 1. The van der Waals surface area contributed by atoms with Gasteiger partial charge in [0, 0.05) is 19.6 Å². The maximum absolute atomic E-state index is 12.6. The monoisotopic (exact) mass is 242 g/mol. The second-order valence-corrected chi connectivity index (χ2v) is 4.84. The Hall–Kier alpha value is -0.610. The topological polar surface area (TPSA) is 55.6 Å². The van der Waals surface area contributed by atoms with Gasteiger partial charge in [-0.1, -0.05) is 20.8 Å². The summed E-state index contributed by atoms with van der Waals surface area (Å²) in [5.41, 5.74) is 5.46. The molecule has 0 radical (unpaired) electrons. The van der Waals surface area contributed by atoms with Crippen molar-refractivity contribution in [3.63, 3.8) is 0 Å². The molecular formula is C13H26N2O2. The van der Waals surface area contributed by atoms with E-state index in [1.807, 2.05) is 18.7 Å². The predicted molar refractivity (Wildman–Crippen MR) is 68.7 cm³/mol. The fraction of sp³-hybridized carbons (Fsp3) is 0.923. The summed E-state index contributed by atoms with van der Waals surface area (Å²) in [6, 6.07) is 0. The number of morpholine rings is 1. The van der Waals surface area contributed by atoms with E-state index in [1.165, 1.54) is 0 Å². The van der Waals surface area contributed by atoms with Crippen molar-refractivity contribution < 1.29 is 9.53 Å². The predicted octanol–water partition coefficient (Wildman–Crippen LogP) is 1.39. The van der Waals surface area contributed by atoms with Gasteiger partial charge in [0.25, 0.3) is 0 Å². The summed E-state index contributed by atoms with van der Waals surface area (Å²) in [6.45, 7) is 8.70. The largest absolute Gasteiger partial charge is 0.375 e. The second-order valence-electron chi connectivity index (χ2n) is 4.84. The molecule has 1 aliphatic heterocycles. The van der Waals surface area contributed by atoms with Crippen LogP contribution in [-0.4, -0.2) is 43.2 Å². The van der Waals surface area contributed by atoms with Crippen molar-refractivity contribution in [1.29, 1.82) is 0 Å². The first-order valence-electron chi connectivity index (χ1n) is 6.74. The van der Waals surface area contributed by atoms with Crippen molar-refractivity contribution in [2.45, 2.75) is 46.1 Å². The molecule has 0 aliphatic carbocycles. The molecule has 1 fully saturated rings. The molecule has 0 aromatic rings. The summed E-state index contributed by atoms with van der Waals surface area (Å²) in [7, 11) is 0. The van der Waals surface area contributed by atoms with Gasteiger partial charge in [-0.3, -0.25) is 4.79 Å². The Morgan fingerprint density at radius 1 is 1.41 bits per heavy atom. The number of hydrogen-bond acceptors (Lipinski definition) is 3. The molecule has 0 bridgehead atoms. The zero-order valence-electron chi connectivity index (χ0n) is 11.4. The highest BCUT2D eigenvalue weighted by Gasteiger charge is 2.38. The van der Waals surface area contributed by atoms with Gasteiger partial charge in [-0.25, -0.2) is 0 Å². The van der Waals surface area contributed by atoms with Crippen LogP contribution in [0.2, 0.25) is 0 Å². The third-order valence-corrected chi connectivity index (χ3v) is 4.08. The van der Waals surface area contributed by atoms with E-state index in [1.54, 1.807) is 0 Å². The van der Waals surface area contributed by atoms with E-state index in [0.717, 1.165) is 25.8 Å². The Kier molecular flexibility index (Phi) is 5.40. The van der Waals surface area contributed by atoms with Gasteiger partial charge in [0.1, 0.15) is 0 Å². The molecule has 100 valence electrons. The van der Waals surface area contributed by atoms with Gasteiger partial charge in [0.2, 0.25) is 5.91 Å². The van der Waals surface area contributed by atoms with Crippen LogP contribution in [0.1, 0.15) is 40.0 Å². The summed E-state index contributed by atoms with van der Waals surface area (Å²) < 4.78 is 5.60. The second kappa shape index (κ2) is 6.36. The van der Waals surface area contributed by atoms with Gasteiger partial charge in [-0.15, -0.1) is 0 Å². The smallest absolute Gasteiger partial charge is 0.230 e. The molecule has 1 aliphatic rings. The molecule has 1 unspecified atom stereocenters. The van der Waals surface area contributed by atoms with Crippen molar-refractivity contribution in [3.8, 4) is 0 Å². The fourth-order valence-corrected chi connectivity index (χ4v) is 2.41. The first-order chi connectivity index (χ1) is 8.13. The molecule has 0 aromatic heterocycles. The zero-order valence-corrected chi connectivity index (χ0v) is 11.4. The number of rotatable bonds is 5. The van der Waals surface area contributed by atoms with E-state index in [9.17, 15) is 4.79 Å². The summed E-state index contributed by atoms with van der Waals surface area (Å²) in [5, 5.41) is 0. The number of nitrogens with two attached hydrogens (primary N) is 1. The standard InChI is InChI=1S/C13H26N2O2/c1-4-11-9-15(7-8-17-11)12(16)13(5-2,6-3)10-14/h11H,4-10,14H2,1-3H3. The minimum atomic E-state index is -0.365. The fourth-order valence-electron chi connectivity index (χ4n) is 2.41. The molecule has 17 heavy (non-hydrogen) atoms. The van der Waals surface area contributed by atoms with Crippen LogP contribution < -0.4 is 5.73 Å². The van der Waals surface area contributed by atoms with Crippen LogP contribution in [0.4, 0.5) is 0 Å². The molecule has 0 aromatic carbocycles. The quantitative estimate of drug-likeness (QED) is 0.792. The lowest BCUT2D eigenvalue weighted by atomic mass is 9.80. The highest BCUT2D eigenvalue weighted by Crippen LogP contribution is 2.28. The Morgan fingerprint density at radius 2 is 2.06 bits per heavy atom. The van der Waals surface area contributed by atoms with E-state index in [2.05, 4.69) is 6.92 Å². The minimum absolute atomic E-state index is 0.192. The van der Waals surface area contributed by atoms with Crippen molar-refractivity contribution in [1.82, 2.24) is 4.90 Å². The van der Waals surface area contributed by atoms with Crippen LogP contribution >= 0.6 is 0 Å². The van der Waals surface area contributed by atoms with Gasteiger partial charge in [0.05, 0.1) is 18.1 Å². The third kappa shape index (κ3) is 2.99. The van der Waals surface area contributed by atoms with Gasteiger partial charge >= 0.3 is 0 Å². The minimum Gasteiger partial charge on any atom is -0.375 e. The number of carbonyl (C=O) groups is 1. The molecule has 0 spiro atoms. The Labute approximate surface area is 104 Å². The van der Waals surface area contributed by atoms with Crippen LogP contribution in [0, 0.1) is 5.41 Å². The molecule has 1 saturated heterocycles. The maximum Gasteiger partial charge on any atom is 0.230 e. The van der Waals surface area contributed by atoms with Crippen molar-refractivity contribution in [2.24, 2.45) is 11.1 Å². The van der Waals surface area contributed by atoms with E-state index < -0.39 is 0 Å². The lowest BCUT2D eigenvalue weighted by Crippen LogP contribution is -2.53. The summed E-state index contributed by atoms with van der Waals surface area (Å²) >= 11 is 0. The molecule has 1 amide bonds. The van der Waals surface area contributed by atoms with Crippen molar-refractivity contribution in [3.05, 3.63) is 0 Å². The normalized spacial score (nSPS) is 21.6. The summed E-state index contributed by atoms with van der Waals surface area (Å²) in [6.07, 6.45) is 2.77. The van der Waals surface area contributed by atoms with Gasteiger partial charge < -0.3 is 15.4 Å². The van der Waals surface area contributed by atoms with Gasteiger partial charge in [0.15, 0.2) is 0 Å². The third-order valence-electron chi connectivity index (χ3n) is 4.08. The number of ether oxygens (including phenoxy) is 1. The average molecular weight is 242 g/mol. The van der Waals surface area contributed by atoms with E-state index in [-0.39, 0.29) is 17.4 Å². The molecule has 2 N–H and O–H groups in total. The van der Waals surface area contributed by atoms with Gasteiger partial charge in [-0.05, 0) is 19.3 Å². The summed E-state index contributed by atoms with van der Waals surface area (Å²) in [5.74, 6) is 0.215. The van der Waals surface area contributed by atoms with Crippen LogP contribution in [0.25, 0.3) is 0 Å². The first-order valence-corrected chi connectivity index (χ1v) is 6.74. The number of amides is 1. The van der Waals surface area contributed by atoms with Gasteiger partial charge in [-0.2, -0.15) is 0 Å². The molecule has 4 nitrogen and oxygen atoms in total. The van der Waals surface area contributed by atoms with E-state index >= 15 is 0 Å². The lowest BCUT2D eigenvalue weighted by molar-refractivity contribution is -0.149. The molecular weight excluding hydrogens is 216 g/mol. The van der Waals surface area contributed by atoms with Crippen LogP contribution in [0.3, 0.4) is 0 Å². The summed E-state index contributed by atoms with van der Waals surface area (Å²) in [4.78, 5) is 14.5.